The second-order valence-corrected chi connectivity index (χ2v) is 16.6. The van der Waals surface area contributed by atoms with E-state index in [0.717, 1.165) is 76.9 Å². The summed E-state index contributed by atoms with van der Waals surface area (Å²) in [6, 6.07) is 73.6. The molecule has 0 atom stereocenters. The Hall–Kier alpha value is -8.66. The van der Waals surface area contributed by atoms with E-state index in [1.807, 2.05) is 95.9 Å². The van der Waals surface area contributed by atoms with E-state index >= 15 is 0 Å². The summed E-state index contributed by atoms with van der Waals surface area (Å²) in [5.41, 5.74) is 11.1. The molecule has 0 aliphatic carbocycles. The lowest BCUT2D eigenvalue weighted by Crippen LogP contribution is -2.10. The van der Waals surface area contributed by atoms with Gasteiger partial charge in [0.15, 0.2) is 0 Å². The third-order valence-corrected chi connectivity index (χ3v) is 12.8. The lowest BCUT2D eigenvalue weighted by Gasteiger charge is -2.26. The minimum atomic E-state index is -0.151. The Morgan fingerprint density at radius 1 is 0.369 bits per heavy atom. The van der Waals surface area contributed by atoms with Gasteiger partial charge in [-0.15, -0.1) is 0 Å². The predicted molar refractivity (Wildman–Crippen MR) is 274 cm³/mol. The zero-order valence-electron chi connectivity index (χ0n) is 39.1. The van der Waals surface area contributed by atoms with Crippen molar-refractivity contribution in [2.24, 2.45) is 0 Å². The maximum Gasteiger partial charge on any atom is 0.143 e. The standard InChI is InChI=1S/C62H40N2O/c1-2-14-50(15-3-1)64-57-18-9-8-17-54(57)56-40-49(32-38-58(56)64)45-29-35-52(36-30-45)63(59-19-10-20-60-61(59)55-37-31-46-12-6-7-16-53(46)62(55)65-60)51-33-27-43(28-34-51)42-21-23-44(24-22-42)48-26-25-41-11-4-5-13-47(41)39-48/h1-40H/i29D,30D,35D,36D. The summed E-state index contributed by atoms with van der Waals surface area (Å²) in [6.07, 6.45) is 0. The van der Waals surface area contributed by atoms with Gasteiger partial charge in [0.2, 0.25) is 0 Å². The van der Waals surface area contributed by atoms with Gasteiger partial charge in [-0.3, -0.25) is 0 Å². The number of nitrogens with zero attached hydrogens (tertiary/aromatic N) is 2. The molecule has 65 heavy (non-hydrogen) atoms. The van der Waals surface area contributed by atoms with Crippen LogP contribution in [0.15, 0.2) is 247 Å². The van der Waals surface area contributed by atoms with Crippen molar-refractivity contribution >= 4 is 82.4 Å². The molecular formula is C62H40N2O. The average Bonchev–Trinajstić information content (AvgIpc) is 3.96. The van der Waals surface area contributed by atoms with Crippen LogP contribution in [0.3, 0.4) is 0 Å². The van der Waals surface area contributed by atoms with Gasteiger partial charge in [-0.25, -0.2) is 0 Å². The Morgan fingerprint density at radius 3 is 1.77 bits per heavy atom. The maximum absolute atomic E-state index is 9.86. The molecule has 13 aromatic rings. The van der Waals surface area contributed by atoms with E-state index < -0.39 is 0 Å². The molecule has 0 saturated carbocycles. The van der Waals surface area contributed by atoms with Gasteiger partial charge in [-0.1, -0.05) is 164 Å². The van der Waals surface area contributed by atoms with Gasteiger partial charge in [0, 0.05) is 38.6 Å². The molecule has 0 N–H and O–H groups in total. The molecular weight excluding hydrogens is 789 g/mol. The molecule has 2 heterocycles. The van der Waals surface area contributed by atoms with Crippen molar-refractivity contribution in [3.63, 3.8) is 0 Å². The van der Waals surface area contributed by atoms with Crippen LogP contribution < -0.4 is 4.90 Å². The van der Waals surface area contributed by atoms with Crippen molar-refractivity contribution in [2.75, 3.05) is 4.90 Å². The van der Waals surface area contributed by atoms with Crippen LogP contribution in [0.1, 0.15) is 5.48 Å². The van der Waals surface area contributed by atoms with E-state index in [1.165, 1.54) is 10.8 Å². The summed E-state index contributed by atoms with van der Waals surface area (Å²) in [6.45, 7) is 0. The number of furan rings is 1. The highest BCUT2D eigenvalue weighted by Gasteiger charge is 2.21. The van der Waals surface area contributed by atoms with Crippen LogP contribution in [0.5, 0.6) is 0 Å². The van der Waals surface area contributed by atoms with Crippen molar-refractivity contribution in [3.05, 3.63) is 243 Å². The molecule has 2 aromatic heterocycles. The molecule has 0 unspecified atom stereocenters. The summed E-state index contributed by atoms with van der Waals surface area (Å²) in [5, 5.41) is 8.16. The maximum atomic E-state index is 9.86. The third-order valence-electron chi connectivity index (χ3n) is 12.8. The van der Waals surface area contributed by atoms with Gasteiger partial charge in [-0.2, -0.15) is 0 Å². The van der Waals surface area contributed by atoms with Crippen molar-refractivity contribution < 1.29 is 9.90 Å². The Kier molecular flexibility index (Phi) is 7.61. The molecule has 0 spiro atoms. The normalized spacial score (nSPS) is 12.6. The van der Waals surface area contributed by atoms with Gasteiger partial charge in [-0.05, 0) is 128 Å². The van der Waals surface area contributed by atoms with Crippen LogP contribution in [-0.2, 0) is 0 Å². The third kappa shape index (κ3) is 6.20. The first-order valence-electron chi connectivity index (χ1n) is 23.9. The van der Waals surface area contributed by atoms with E-state index in [9.17, 15) is 5.48 Å². The Morgan fingerprint density at radius 2 is 0.969 bits per heavy atom. The Labute approximate surface area is 381 Å². The predicted octanol–water partition coefficient (Wildman–Crippen LogP) is 17.5. The van der Waals surface area contributed by atoms with Gasteiger partial charge in [0.25, 0.3) is 0 Å². The van der Waals surface area contributed by atoms with Crippen molar-refractivity contribution in [1.82, 2.24) is 4.57 Å². The molecule has 0 bridgehead atoms. The molecule has 0 radical (unpaired) electrons. The first-order chi connectivity index (χ1) is 33.9. The number of anilines is 3. The number of rotatable bonds is 7. The molecule has 304 valence electrons. The zero-order chi connectivity index (χ0) is 46.3. The first kappa shape index (κ1) is 33.0. The highest BCUT2D eigenvalue weighted by molar-refractivity contribution is 6.19. The number of benzene rings is 11. The lowest BCUT2D eigenvalue weighted by molar-refractivity contribution is 0.672. The smallest absolute Gasteiger partial charge is 0.143 e. The molecule has 0 saturated heterocycles. The topological polar surface area (TPSA) is 21.3 Å². The van der Waals surface area contributed by atoms with E-state index in [2.05, 4.69) is 132 Å². The fourth-order valence-electron chi connectivity index (χ4n) is 9.68. The van der Waals surface area contributed by atoms with Gasteiger partial charge in [0.1, 0.15) is 11.2 Å². The fourth-order valence-corrected chi connectivity index (χ4v) is 9.68. The van der Waals surface area contributed by atoms with Gasteiger partial charge in [0.05, 0.1) is 27.6 Å². The van der Waals surface area contributed by atoms with Crippen molar-refractivity contribution in [1.29, 1.82) is 0 Å². The summed E-state index contributed by atoms with van der Waals surface area (Å²) in [5.74, 6) is 0. The first-order valence-corrected chi connectivity index (χ1v) is 21.9. The minimum Gasteiger partial charge on any atom is -0.455 e. The van der Waals surface area contributed by atoms with Crippen molar-refractivity contribution in [2.45, 2.75) is 0 Å². The highest BCUT2D eigenvalue weighted by atomic mass is 16.3. The van der Waals surface area contributed by atoms with E-state index in [4.69, 9.17) is 4.42 Å². The monoisotopic (exact) mass is 832 g/mol. The van der Waals surface area contributed by atoms with E-state index in [1.54, 1.807) is 0 Å². The van der Waals surface area contributed by atoms with Crippen LogP contribution in [0.4, 0.5) is 17.1 Å². The molecule has 3 nitrogen and oxygen atoms in total. The highest BCUT2D eigenvalue weighted by Crippen LogP contribution is 2.45. The van der Waals surface area contributed by atoms with Gasteiger partial charge >= 0.3 is 0 Å². The zero-order valence-corrected chi connectivity index (χ0v) is 35.1. The van der Waals surface area contributed by atoms with Crippen LogP contribution in [0.2, 0.25) is 0 Å². The molecule has 0 aliphatic rings. The molecule has 11 aromatic carbocycles. The number of hydrogen-bond donors (Lipinski definition) is 0. The summed E-state index contributed by atoms with van der Waals surface area (Å²) < 4.78 is 48.0. The molecule has 13 rings (SSSR count). The summed E-state index contributed by atoms with van der Waals surface area (Å²) in [4.78, 5) is 1.88. The Bertz CT molecular complexity index is 4150. The van der Waals surface area contributed by atoms with Crippen LogP contribution in [-0.4, -0.2) is 4.57 Å². The number of fused-ring (bicyclic) bond motifs is 9. The summed E-state index contributed by atoms with van der Waals surface area (Å²) in [7, 11) is 0. The van der Waals surface area contributed by atoms with Crippen LogP contribution >= 0.6 is 0 Å². The minimum absolute atomic E-state index is 0.125. The molecule has 0 amide bonds. The lowest BCUT2D eigenvalue weighted by atomic mass is 9.98. The number of hydrogen-bond acceptors (Lipinski definition) is 2. The summed E-state index contributed by atoms with van der Waals surface area (Å²) >= 11 is 0. The molecule has 0 aliphatic heterocycles. The number of aromatic nitrogens is 1. The van der Waals surface area contributed by atoms with Crippen molar-refractivity contribution in [3.8, 4) is 39.1 Å². The van der Waals surface area contributed by atoms with E-state index in [0.29, 0.717) is 22.5 Å². The number of para-hydroxylation sites is 2. The van der Waals surface area contributed by atoms with Crippen LogP contribution in [0, 0.1) is 0 Å². The molecule has 3 heteroatoms. The SMILES string of the molecule is [2H]c1c([2H])c(N(c2ccc(-c3ccc(-c4ccc5ccccc5c4)cc3)cc2)c2cccc3oc4c5ccccc5ccc4c23)c([2H])c([2H])c1-c1ccc2c(c1)c1ccccc1n2-c1ccccc1. The fraction of sp³-hybridized carbons (Fsp3) is 0. The second kappa shape index (κ2) is 15.0. The average molecular weight is 833 g/mol. The van der Waals surface area contributed by atoms with E-state index in [-0.39, 0.29) is 35.4 Å². The van der Waals surface area contributed by atoms with Crippen LogP contribution in [0.25, 0.3) is 104 Å². The molecule has 0 fully saturated rings. The largest absolute Gasteiger partial charge is 0.455 e. The second-order valence-electron chi connectivity index (χ2n) is 16.6. The Balaban J connectivity index is 0.966. The van der Waals surface area contributed by atoms with Gasteiger partial charge < -0.3 is 13.9 Å². The quantitative estimate of drug-likeness (QED) is 0.160.